The molecule has 4 aromatic rings. The molecule has 15 heteroatoms. The largest absolute Gasteiger partial charge is 0.456 e. The van der Waals surface area contributed by atoms with Crippen molar-refractivity contribution in [2.45, 2.75) is 25.0 Å². The number of esters is 1. The molecule has 1 N–H and O–H groups in total. The molecular weight excluding hydrogens is 582 g/mol. The first-order valence-corrected chi connectivity index (χ1v) is 13.7. The van der Waals surface area contributed by atoms with Gasteiger partial charge in [-0.25, -0.2) is 9.59 Å². The number of nitrogens with zero attached hydrogens (tertiary/aromatic N) is 5. The molecule has 2 aliphatic heterocycles. The van der Waals surface area contributed by atoms with Gasteiger partial charge < -0.3 is 19.4 Å². The Bertz CT molecular complexity index is 1790. The Labute approximate surface area is 246 Å². The Balaban J connectivity index is 1.18. The molecule has 0 aliphatic carbocycles. The summed E-state index contributed by atoms with van der Waals surface area (Å²) < 4.78 is 11.4. The van der Waals surface area contributed by atoms with Gasteiger partial charge in [-0.2, -0.15) is 0 Å². The average Bonchev–Trinajstić information content (AvgIpc) is 3.55. The van der Waals surface area contributed by atoms with Crippen LogP contribution in [0.15, 0.2) is 83.6 Å². The van der Waals surface area contributed by atoms with Crippen LogP contribution in [0.4, 0.5) is 5.69 Å². The molecule has 0 saturated carbocycles. The second-order valence-corrected chi connectivity index (χ2v) is 10.7. The van der Waals surface area contributed by atoms with Gasteiger partial charge in [-0.3, -0.25) is 19.8 Å². The molecule has 0 spiro atoms. The van der Waals surface area contributed by atoms with Crippen LogP contribution in [0.1, 0.15) is 22.8 Å². The minimum absolute atomic E-state index is 0.0830. The highest BCUT2D eigenvalue weighted by molar-refractivity contribution is 8.03. The Morgan fingerprint density at radius 2 is 1.79 bits per heavy atom. The fourth-order valence-corrected chi connectivity index (χ4v) is 6.02. The first-order chi connectivity index (χ1) is 20.7. The van der Waals surface area contributed by atoms with Gasteiger partial charge in [0.15, 0.2) is 10.8 Å². The van der Waals surface area contributed by atoms with E-state index < -0.39 is 40.2 Å². The molecule has 3 atom stereocenters. The smallest absolute Gasteiger partial charge is 0.365 e. The van der Waals surface area contributed by atoms with Gasteiger partial charge in [0.1, 0.15) is 28.8 Å². The number of carbonyl (C=O) groups is 3. The maximum absolute atomic E-state index is 13.2. The molecule has 218 valence electrons. The van der Waals surface area contributed by atoms with E-state index in [-0.39, 0.29) is 34.4 Å². The Morgan fingerprint density at radius 3 is 2.49 bits per heavy atom. The predicted molar refractivity (Wildman–Crippen MR) is 149 cm³/mol. The van der Waals surface area contributed by atoms with E-state index in [1.54, 1.807) is 24.3 Å². The van der Waals surface area contributed by atoms with E-state index >= 15 is 0 Å². The molecule has 1 saturated heterocycles. The lowest BCUT2D eigenvalue weighted by Crippen LogP contribution is -2.60. The number of rotatable bonds is 9. The number of aliphatic hydroxyl groups excluding tert-OH is 1. The van der Waals surface area contributed by atoms with Gasteiger partial charge in [0.25, 0.3) is 5.69 Å². The van der Waals surface area contributed by atoms with Crippen molar-refractivity contribution in [3.8, 4) is 5.75 Å². The van der Waals surface area contributed by atoms with E-state index in [1.165, 1.54) is 60.4 Å². The van der Waals surface area contributed by atoms with Crippen LogP contribution >= 0.6 is 11.8 Å². The normalized spacial score (nSPS) is 18.2. The number of nitro groups is 1. The van der Waals surface area contributed by atoms with Crippen molar-refractivity contribution in [2.75, 3.05) is 0 Å². The quantitative estimate of drug-likeness (QED) is 0.0975. The summed E-state index contributed by atoms with van der Waals surface area (Å²) in [4.78, 5) is 56.6. The molecule has 43 heavy (non-hydrogen) atoms. The summed E-state index contributed by atoms with van der Waals surface area (Å²) in [5.41, 5.74) is 1.54. The van der Waals surface area contributed by atoms with Crippen LogP contribution in [0.5, 0.6) is 5.75 Å². The summed E-state index contributed by atoms with van der Waals surface area (Å²) in [7, 11) is 0. The van der Waals surface area contributed by atoms with Gasteiger partial charge in [0.05, 0.1) is 22.5 Å². The summed E-state index contributed by atoms with van der Waals surface area (Å²) in [6, 6.07) is 18.4. The highest BCUT2D eigenvalue weighted by atomic mass is 32.2. The lowest BCUT2D eigenvalue weighted by atomic mass is 9.92. The number of ether oxygens (including phenoxy) is 2. The SMILES string of the molecule is C[C@@H](O)[C@H]1C(=O)N2C(C(=O)OCc3ccc([N+](=O)[O-])cc3)=C(Oc3ccc(C(=O)On4nnc5ccccc54)cc3)S[C@H]12. The van der Waals surface area contributed by atoms with Crippen LogP contribution in [-0.2, 0) is 20.9 Å². The average molecular weight is 604 g/mol. The minimum atomic E-state index is -0.953. The number of aromatic nitrogens is 3. The Kier molecular flexibility index (Phi) is 7.25. The number of nitro benzene ring substituents is 1. The molecule has 2 aliphatic rings. The molecule has 3 heterocycles. The van der Waals surface area contributed by atoms with Gasteiger partial charge in [-0.1, -0.05) is 28.7 Å². The molecule has 0 radical (unpaired) electrons. The van der Waals surface area contributed by atoms with E-state index in [2.05, 4.69) is 10.3 Å². The van der Waals surface area contributed by atoms with Crippen LogP contribution in [0, 0.1) is 16.0 Å². The molecule has 1 amide bonds. The standard InChI is InChI=1S/C28H21N5O9S/c1-15(34)22-24(35)31-23(27(37)40-14-16-6-10-18(11-7-16)33(38)39)28(43-25(22)31)41-19-12-8-17(9-13-19)26(36)42-32-21-5-3-2-4-20(21)29-30-32/h2-13,15,22,25,34H,14H2,1H3/t15-,22+,25-/m1/s1. The van der Waals surface area contributed by atoms with Crippen molar-refractivity contribution in [1.82, 2.24) is 20.1 Å². The lowest BCUT2D eigenvalue weighted by molar-refractivity contribution is -0.384. The van der Waals surface area contributed by atoms with E-state index in [0.29, 0.717) is 16.6 Å². The van der Waals surface area contributed by atoms with E-state index in [4.69, 9.17) is 14.3 Å². The maximum Gasteiger partial charge on any atom is 0.365 e. The first-order valence-electron chi connectivity index (χ1n) is 12.8. The minimum Gasteiger partial charge on any atom is -0.456 e. The molecule has 0 bridgehead atoms. The van der Waals surface area contributed by atoms with Crippen LogP contribution in [-0.4, -0.2) is 59.4 Å². The summed E-state index contributed by atoms with van der Waals surface area (Å²) in [5.74, 6) is -2.47. The fourth-order valence-electron chi connectivity index (χ4n) is 4.56. The molecular formula is C28H21N5O9S. The number of fused-ring (bicyclic) bond motifs is 2. The lowest BCUT2D eigenvalue weighted by Gasteiger charge is -2.43. The maximum atomic E-state index is 13.2. The number of para-hydroxylation sites is 1. The second kappa shape index (κ2) is 11.2. The van der Waals surface area contributed by atoms with Crippen LogP contribution < -0.4 is 9.57 Å². The van der Waals surface area contributed by atoms with Crippen molar-refractivity contribution < 1.29 is 38.7 Å². The highest BCUT2D eigenvalue weighted by Crippen LogP contribution is 2.51. The molecule has 0 unspecified atom stereocenters. The van der Waals surface area contributed by atoms with Gasteiger partial charge in [-0.05, 0) is 66.2 Å². The van der Waals surface area contributed by atoms with Crippen molar-refractivity contribution in [3.63, 3.8) is 0 Å². The van der Waals surface area contributed by atoms with E-state index in [9.17, 15) is 29.6 Å². The second-order valence-electron chi connectivity index (χ2n) is 9.58. The number of amides is 1. The van der Waals surface area contributed by atoms with Crippen LogP contribution in [0.3, 0.4) is 0 Å². The zero-order chi connectivity index (χ0) is 30.2. The number of β-lactam (4-membered cyclic amide) rings is 1. The molecule has 1 fully saturated rings. The van der Waals surface area contributed by atoms with Gasteiger partial charge in [0.2, 0.25) is 5.91 Å². The van der Waals surface area contributed by atoms with Crippen LogP contribution in [0.2, 0.25) is 0 Å². The third kappa shape index (κ3) is 5.26. The van der Waals surface area contributed by atoms with Crippen molar-refractivity contribution in [3.05, 3.63) is 105 Å². The number of benzene rings is 3. The fraction of sp³-hybridized carbons (Fsp3) is 0.179. The topological polar surface area (TPSA) is 176 Å². The number of thioether (sulfide) groups is 1. The number of carbonyl (C=O) groups excluding carboxylic acids is 3. The number of aliphatic hydroxyl groups is 1. The number of hydrogen-bond acceptors (Lipinski definition) is 12. The third-order valence-electron chi connectivity index (χ3n) is 6.77. The third-order valence-corrected chi connectivity index (χ3v) is 8.00. The Hall–Kier alpha value is -5.28. The summed E-state index contributed by atoms with van der Waals surface area (Å²) in [5, 5.41) is 28.3. The molecule has 1 aromatic heterocycles. The summed E-state index contributed by atoms with van der Waals surface area (Å²) in [6.45, 7) is 1.29. The number of hydrogen-bond donors (Lipinski definition) is 1. The van der Waals surface area contributed by atoms with E-state index in [1.807, 2.05) is 0 Å². The summed E-state index contributed by atoms with van der Waals surface area (Å²) >= 11 is 1.09. The van der Waals surface area contributed by atoms with Crippen molar-refractivity contribution in [1.29, 1.82) is 0 Å². The first kappa shape index (κ1) is 27.9. The van der Waals surface area contributed by atoms with Crippen molar-refractivity contribution in [2.24, 2.45) is 5.92 Å². The zero-order valence-electron chi connectivity index (χ0n) is 22.2. The predicted octanol–water partition coefficient (Wildman–Crippen LogP) is 2.81. The van der Waals surface area contributed by atoms with E-state index in [0.717, 1.165) is 16.6 Å². The van der Waals surface area contributed by atoms with Gasteiger partial charge in [0, 0.05) is 12.1 Å². The molecule has 6 rings (SSSR count). The molecule has 3 aromatic carbocycles. The Morgan fingerprint density at radius 1 is 1.07 bits per heavy atom. The van der Waals surface area contributed by atoms with Crippen molar-refractivity contribution >= 4 is 46.3 Å². The zero-order valence-corrected chi connectivity index (χ0v) is 23.0. The summed E-state index contributed by atoms with van der Waals surface area (Å²) in [6.07, 6.45) is -0.953. The van der Waals surface area contributed by atoms with Gasteiger partial charge in [-0.15, -0.1) is 5.10 Å². The number of non-ortho nitro benzene ring substituents is 1. The van der Waals surface area contributed by atoms with Crippen LogP contribution in [0.25, 0.3) is 11.0 Å². The highest BCUT2D eigenvalue weighted by Gasteiger charge is 2.59. The monoisotopic (exact) mass is 603 g/mol. The molecule has 14 nitrogen and oxygen atoms in total. The van der Waals surface area contributed by atoms with Gasteiger partial charge >= 0.3 is 11.9 Å².